The van der Waals surface area contributed by atoms with Gasteiger partial charge in [0.15, 0.2) is 11.5 Å². The largest absolute Gasteiger partial charge is 0.454 e. The van der Waals surface area contributed by atoms with Crippen molar-refractivity contribution in [3.63, 3.8) is 0 Å². The van der Waals surface area contributed by atoms with Crippen molar-refractivity contribution in [3.05, 3.63) is 36.4 Å². The van der Waals surface area contributed by atoms with E-state index in [1.165, 1.54) is 0 Å². The third kappa shape index (κ3) is 1.73. The molecule has 0 fully saturated rings. The van der Waals surface area contributed by atoms with Gasteiger partial charge >= 0.3 is 0 Å². The molecule has 0 saturated carbocycles. The van der Waals surface area contributed by atoms with Crippen LogP contribution in [0.5, 0.6) is 11.5 Å². The number of aromatic nitrogens is 2. The Morgan fingerprint density at radius 2 is 2.22 bits per heavy atom. The standard InChI is InChI=1S/C13H15N3O2/c1-2-10(14)11-6-15-7-16(11)9-3-4-12-13(5-9)18-8-17-12/h3-7,10H,2,8,14H2,1H3/t10-/m1/s1. The van der Waals surface area contributed by atoms with Crippen LogP contribution >= 0.6 is 0 Å². The van der Waals surface area contributed by atoms with Crippen molar-refractivity contribution in [2.45, 2.75) is 19.4 Å². The van der Waals surface area contributed by atoms with Crippen molar-refractivity contribution in [2.24, 2.45) is 5.73 Å². The van der Waals surface area contributed by atoms with E-state index in [1.54, 1.807) is 12.5 Å². The number of rotatable bonds is 3. The number of imidazole rings is 1. The third-order valence-corrected chi connectivity index (χ3v) is 3.12. The number of nitrogens with zero attached hydrogens (tertiary/aromatic N) is 2. The van der Waals surface area contributed by atoms with Crippen LogP contribution in [-0.2, 0) is 0 Å². The van der Waals surface area contributed by atoms with Crippen molar-refractivity contribution < 1.29 is 9.47 Å². The van der Waals surface area contributed by atoms with Gasteiger partial charge in [-0.2, -0.15) is 0 Å². The molecule has 2 N–H and O–H groups in total. The van der Waals surface area contributed by atoms with Crippen molar-refractivity contribution in [1.82, 2.24) is 9.55 Å². The molecule has 0 amide bonds. The molecule has 0 saturated heterocycles. The van der Waals surface area contributed by atoms with Gasteiger partial charge in [-0.05, 0) is 18.6 Å². The lowest BCUT2D eigenvalue weighted by Gasteiger charge is -2.13. The van der Waals surface area contributed by atoms with Gasteiger partial charge in [0.1, 0.15) is 0 Å². The highest BCUT2D eigenvalue weighted by Crippen LogP contribution is 2.34. The first-order valence-electron chi connectivity index (χ1n) is 5.97. The van der Waals surface area contributed by atoms with Crippen LogP contribution in [-0.4, -0.2) is 16.3 Å². The van der Waals surface area contributed by atoms with Gasteiger partial charge < -0.3 is 19.8 Å². The highest BCUT2D eigenvalue weighted by molar-refractivity contribution is 5.50. The number of hydrogen-bond donors (Lipinski definition) is 1. The predicted molar refractivity (Wildman–Crippen MR) is 66.9 cm³/mol. The van der Waals surface area contributed by atoms with E-state index in [0.29, 0.717) is 0 Å². The summed E-state index contributed by atoms with van der Waals surface area (Å²) >= 11 is 0. The average molecular weight is 245 g/mol. The van der Waals surface area contributed by atoms with Crippen molar-refractivity contribution in [2.75, 3.05) is 6.79 Å². The maximum Gasteiger partial charge on any atom is 0.231 e. The summed E-state index contributed by atoms with van der Waals surface area (Å²) in [5, 5.41) is 0. The summed E-state index contributed by atoms with van der Waals surface area (Å²) in [6.45, 7) is 2.34. The zero-order chi connectivity index (χ0) is 12.5. The van der Waals surface area contributed by atoms with Crippen LogP contribution in [0.1, 0.15) is 25.1 Å². The molecule has 1 atom stereocenters. The minimum absolute atomic E-state index is 0.0158. The molecule has 0 unspecified atom stereocenters. The lowest BCUT2D eigenvalue weighted by atomic mass is 10.1. The van der Waals surface area contributed by atoms with E-state index in [9.17, 15) is 0 Å². The number of benzene rings is 1. The fourth-order valence-corrected chi connectivity index (χ4v) is 2.04. The maximum atomic E-state index is 6.07. The van der Waals surface area contributed by atoms with Crippen LogP contribution in [0.15, 0.2) is 30.7 Å². The second-order valence-corrected chi connectivity index (χ2v) is 4.24. The quantitative estimate of drug-likeness (QED) is 0.898. The summed E-state index contributed by atoms with van der Waals surface area (Å²) in [6, 6.07) is 5.80. The molecule has 5 nitrogen and oxygen atoms in total. The zero-order valence-electron chi connectivity index (χ0n) is 10.2. The van der Waals surface area contributed by atoms with Gasteiger partial charge in [-0.15, -0.1) is 0 Å². The topological polar surface area (TPSA) is 62.3 Å². The molecule has 1 aliphatic heterocycles. The van der Waals surface area contributed by atoms with E-state index < -0.39 is 0 Å². The fraction of sp³-hybridized carbons (Fsp3) is 0.308. The monoisotopic (exact) mass is 245 g/mol. The van der Waals surface area contributed by atoms with Crippen LogP contribution in [0, 0.1) is 0 Å². The summed E-state index contributed by atoms with van der Waals surface area (Å²) in [6.07, 6.45) is 4.44. The van der Waals surface area contributed by atoms with Crippen LogP contribution in [0.4, 0.5) is 0 Å². The minimum atomic E-state index is -0.0158. The Kier molecular flexibility index (Phi) is 2.68. The molecule has 1 aliphatic rings. The van der Waals surface area contributed by atoms with Crippen molar-refractivity contribution in [1.29, 1.82) is 0 Å². The summed E-state index contributed by atoms with van der Waals surface area (Å²) in [5.41, 5.74) is 8.05. The fourth-order valence-electron chi connectivity index (χ4n) is 2.04. The van der Waals surface area contributed by atoms with E-state index in [1.807, 2.05) is 22.8 Å². The average Bonchev–Trinajstić information content (AvgIpc) is 3.05. The zero-order valence-corrected chi connectivity index (χ0v) is 10.2. The molecule has 3 rings (SSSR count). The second kappa shape index (κ2) is 4.34. The Hall–Kier alpha value is -2.01. The Morgan fingerprint density at radius 3 is 3.06 bits per heavy atom. The van der Waals surface area contributed by atoms with Crippen LogP contribution in [0.25, 0.3) is 5.69 Å². The van der Waals surface area contributed by atoms with E-state index in [-0.39, 0.29) is 12.8 Å². The first-order valence-corrected chi connectivity index (χ1v) is 5.97. The molecule has 2 heterocycles. The molecular formula is C13H15N3O2. The van der Waals surface area contributed by atoms with E-state index >= 15 is 0 Å². The van der Waals surface area contributed by atoms with Gasteiger partial charge in [0.05, 0.1) is 23.9 Å². The molecule has 0 aliphatic carbocycles. The molecule has 0 bridgehead atoms. The van der Waals surface area contributed by atoms with Crippen LogP contribution in [0.3, 0.4) is 0 Å². The highest BCUT2D eigenvalue weighted by Gasteiger charge is 2.16. The SMILES string of the molecule is CC[C@@H](N)c1cncn1-c1ccc2c(c1)OCO2. The normalized spacial score (nSPS) is 14.8. The van der Waals surface area contributed by atoms with Gasteiger partial charge in [0.2, 0.25) is 6.79 Å². The number of hydrogen-bond acceptors (Lipinski definition) is 4. The number of ether oxygens (including phenoxy) is 2. The summed E-state index contributed by atoms with van der Waals surface area (Å²) in [4.78, 5) is 4.17. The van der Waals surface area contributed by atoms with Gasteiger partial charge in [-0.3, -0.25) is 0 Å². The van der Waals surface area contributed by atoms with Gasteiger partial charge in [0, 0.05) is 12.1 Å². The van der Waals surface area contributed by atoms with Gasteiger partial charge in [-0.25, -0.2) is 4.98 Å². The van der Waals surface area contributed by atoms with Gasteiger partial charge in [-0.1, -0.05) is 6.92 Å². The first kappa shape index (κ1) is 11.1. The minimum Gasteiger partial charge on any atom is -0.454 e. The highest BCUT2D eigenvalue weighted by atomic mass is 16.7. The molecule has 5 heteroatoms. The van der Waals surface area contributed by atoms with E-state index in [0.717, 1.165) is 29.3 Å². The van der Waals surface area contributed by atoms with Crippen LogP contribution in [0.2, 0.25) is 0 Å². The number of nitrogens with two attached hydrogens (primary N) is 1. The van der Waals surface area contributed by atoms with Crippen LogP contribution < -0.4 is 15.2 Å². The Labute approximate surface area is 105 Å². The molecule has 0 spiro atoms. The molecule has 94 valence electrons. The number of fused-ring (bicyclic) bond motifs is 1. The summed E-state index contributed by atoms with van der Waals surface area (Å²) < 4.78 is 12.7. The maximum absolute atomic E-state index is 6.07. The lowest BCUT2D eigenvalue weighted by Crippen LogP contribution is -2.13. The van der Waals surface area contributed by atoms with E-state index in [4.69, 9.17) is 15.2 Å². The smallest absolute Gasteiger partial charge is 0.231 e. The second-order valence-electron chi connectivity index (χ2n) is 4.24. The van der Waals surface area contributed by atoms with Crippen molar-refractivity contribution in [3.8, 4) is 17.2 Å². The molecule has 18 heavy (non-hydrogen) atoms. The third-order valence-electron chi connectivity index (χ3n) is 3.12. The predicted octanol–water partition coefficient (Wildman–Crippen LogP) is 2.01. The molecular weight excluding hydrogens is 230 g/mol. The first-order chi connectivity index (χ1) is 8.79. The molecule has 0 radical (unpaired) electrons. The molecule has 1 aromatic carbocycles. The molecule has 2 aromatic rings. The van der Waals surface area contributed by atoms with Crippen molar-refractivity contribution >= 4 is 0 Å². The summed E-state index contributed by atoms with van der Waals surface area (Å²) in [5.74, 6) is 1.54. The summed E-state index contributed by atoms with van der Waals surface area (Å²) in [7, 11) is 0. The van der Waals surface area contributed by atoms with Gasteiger partial charge in [0.25, 0.3) is 0 Å². The Balaban J connectivity index is 2.02. The lowest BCUT2D eigenvalue weighted by molar-refractivity contribution is 0.174. The van der Waals surface area contributed by atoms with E-state index in [2.05, 4.69) is 11.9 Å². The Morgan fingerprint density at radius 1 is 1.39 bits per heavy atom. The Bertz CT molecular complexity index is 565. The molecule has 1 aromatic heterocycles.